The van der Waals surface area contributed by atoms with E-state index < -0.39 is 0 Å². The van der Waals surface area contributed by atoms with Crippen molar-refractivity contribution in [3.05, 3.63) is 57.8 Å². The van der Waals surface area contributed by atoms with Crippen LogP contribution in [0.25, 0.3) is 0 Å². The van der Waals surface area contributed by atoms with Crippen LogP contribution >= 0.6 is 15.9 Å². The average Bonchev–Trinajstić information content (AvgIpc) is 2.44. The van der Waals surface area contributed by atoms with Crippen molar-refractivity contribution >= 4 is 15.9 Å². The normalized spacial score (nSPS) is 10.7. The van der Waals surface area contributed by atoms with Crippen molar-refractivity contribution in [1.82, 2.24) is 5.32 Å². The second kappa shape index (κ2) is 7.57. The predicted octanol–water partition coefficient (Wildman–Crippen LogP) is 5.19. The fraction of sp³-hybridized carbons (Fsp3) is 0.294. The summed E-state index contributed by atoms with van der Waals surface area (Å²) in [4.78, 5) is 0. The highest BCUT2D eigenvalue weighted by molar-refractivity contribution is 9.10. The standard InChI is InChI=1S/C17H19BrFNO/c1-3-8-20-11-13-4-6-16(12(2)9-13)21-17-7-5-14(18)10-15(17)19/h4-7,9-10,20H,3,8,11H2,1-2H3. The number of halogens is 2. The van der Waals surface area contributed by atoms with Gasteiger partial charge in [-0.3, -0.25) is 0 Å². The topological polar surface area (TPSA) is 21.3 Å². The van der Waals surface area contributed by atoms with E-state index in [1.54, 1.807) is 12.1 Å². The van der Waals surface area contributed by atoms with E-state index in [1.807, 2.05) is 19.1 Å². The first-order valence-electron chi connectivity index (χ1n) is 7.03. The zero-order valence-electron chi connectivity index (χ0n) is 12.2. The Kier molecular flexibility index (Phi) is 5.76. The summed E-state index contributed by atoms with van der Waals surface area (Å²) in [6, 6.07) is 10.7. The largest absolute Gasteiger partial charge is 0.454 e. The van der Waals surface area contributed by atoms with Gasteiger partial charge < -0.3 is 10.1 Å². The van der Waals surface area contributed by atoms with Crippen LogP contribution < -0.4 is 10.1 Å². The van der Waals surface area contributed by atoms with Crippen LogP contribution in [0.3, 0.4) is 0 Å². The van der Waals surface area contributed by atoms with E-state index in [-0.39, 0.29) is 11.6 Å². The molecule has 0 spiro atoms. The Morgan fingerprint density at radius 2 is 1.90 bits per heavy atom. The van der Waals surface area contributed by atoms with E-state index in [4.69, 9.17) is 4.74 Å². The number of ether oxygens (including phenoxy) is 1. The summed E-state index contributed by atoms with van der Waals surface area (Å²) in [6.07, 6.45) is 1.11. The number of aryl methyl sites for hydroxylation is 1. The van der Waals surface area contributed by atoms with Crippen molar-refractivity contribution in [3.63, 3.8) is 0 Å². The Morgan fingerprint density at radius 1 is 1.14 bits per heavy atom. The first-order valence-corrected chi connectivity index (χ1v) is 7.82. The summed E-state index contributed by atoms with van der Waals surface area (Å²) in [6.45, 7) is 5.94. The van der Waals surface area contributed by atoms with Crippen LogP contribution in [0.4, 0.5) is 4.39 Å². The minimum Gasteiger partial charge on any atom is -0.454 e. The molecule has 2 rings (SSSR count). The molecule has 0 aromatic heterocycles. The third-order valence-electron chi connectivity index (χ3n) is 3.11. The number of benzene rings is 2. The molecule has 2 aromatic rings. The van der Waals surface area contributed by atoms with Gasteiger partial charge in [0, 0.05) is 11.0 Å². The van der Waals surface area contributed by atoms with Crippen LogP contribution in [-0.2, 0) is 6.54 Å². The van der Waals surface area contributed by atoms with Gasteiger partial charge in [0.1, 0.15) is 5.75 Å². The fourth-order valence-electron chi connectivity index (χ4n) is 2.02. The molecule has 0 fully saturated rings. The van der Waals surface area contributed by atoms with E-state index in [0.29, 0.717) is 10.2 Å². The molecule has 0 saturated heterocycles. The minimum atomic E-state index is -0.377. The molecule has 0 atom stereocenters. The van der Waals surface area contributed by atoms with Crippen molar-refractivity contribution in [2.75, 3.05) is 6.54 Å². The molecule has 0 radical (unpaired) electrons. The molecule has 0 saturated carbocycles. The van der Waals surface area contributed by atoms with E-state index in [1.165, 1.54) is 11.6 Å². The van der Waals surface area contributed by atoms with E-state index >= 15 is 0 Å². The number of hydrogen-bond donors (Lipinski definition) is 1. The molecule has 0 aliphatic heterocycles. The molecule has 0 amide bonds. The molecule has 2 aromatic carbocycles. The summed E-state index contributed by atoms with van der Waals surface area (Å²) >= 11 is 3.23. The van der Waals surface area contributed by atoms with E-state index in [2.05, 4.69) is 34.2 Å². The van der Waals surface area contributed by atoms with Gasteiger partial charge in [-0.2, -0.15) is 0 Å². The van der Waals surface area contributed by atoms with E-state index in [0.717, 1.165) is 25.1 Å². The van der Waals surface area contributed by atoms with Crippen molar-refractivity contribution in [2.45, 2.75) is 26.8 Å². The molecule has 0 heterocycles. The van der Waals surface area contributed by atoms with Crippen molar-refractivity contribution in [3.8, 4) is 11.5 Å². The van der Waals surface area contributed by atoms with Gasteiger partial charge >= 0.3 is 0 Å². The lowest BCUT2D eigenvalue weighted by Crippen LogP contribution is -2.13. The minimum absolute atomic E-state index is 0.234. The molecule has 0 aliphatic carbocycles. The van der Waals surface area contributed by atoms with Crippen molar-refractivity contribution in [1.29, 1.82) is 0 Å². The molecular weight excluding hydrogens is 333 g/mol. The molecular formula is C17H19BrFNO. The molecule has 0 unspecified atom stereocenters. The Balaban J connectivity index is 2.10. The van der Waals surface area contributed by atoms with Gasteiger partial charge in [0.25, 0.3) is 0 Å². The Hall–Kier alpha value is -1.39. The van der Waals surface area contributed by atoms with Gasteiger partial charge in [0.15, 0.2) is 11.6 Å². The smallest absolute Gasteiger partial charge is 0.166 e. The van der Waals surface area contributed by atoms with Crippen LogP contribution in [0.2, 0.25) is 0 Å². The molecule has 4 heteroatoms. The molecule has 0 aliphatic rings. The second-order valence-corrected chi connectivity index (χ2v) is 5.87. The van der Waals surface area contributed by atoms with Crippen LogP contribution in [0.1, 0.15) is 24.5 Å². The molecule has 2 nitrogen and oxygen atoms in total. The lowest BCUT2D eigenvalue weighted by molar-refractivity contribution is 0.439. The van der Waals surface area contributed by atoms with Crippen molar-refractivity contribution in [2.24, 2.45) is 0 Å². The molecule has 21 heavy (non-hydrogen) atoms. The number of rotatable bonds is 6. The highest BCUT2D eigenvalue weighted by Gasteiger charge is 2.08. The van der Waals surface area contributed by atoms with Crippen LogP contribution in [0.15, 0.2) is 40.9 Å². The average molecular weight is 352 g/mol. The highest BCUT2D eigenvalue weighted by Crippen LogP contribution is 2.29. The maximum absolute atomic E-state index is 13.8. The SMILES string of the molecule is CCCNCc1ccc(Oc2ccc(Br)cc2F)c(C)c1. The lowest BCUT2D eigenvalue weighted by Gasteiger charge is -2.11. The van der Waals surface area contributed by atoms with Gasteiger partial charge in [0.2, 0.25) is 0 Å². The predicted molar refractivity (Wildman–Crippen MR) is 87.4 cm³/mol. The van der Waals surface area contributed by atoms with Gasteiger partial charge in [0.05, 0.1) is 0 Å². The Morgan fingerprint density at radius 3 is 2.57 bits per heavy atom. The van der Waals surface area contributed by atoms with Crippen molar-refractivity contribution < 1.29 is 9.13 Å². The molecule has 112 valence electrons. The second-order valence-electron chi connectivity index (χ2n) is 4.95. The zero-order chi connectivity index (χ0) is 15.2. The number of hydrogen-bond acceptors (Lipinski definition) is 2. The zero-order valence-corrected chi connectivity index (χ0v) is 13.8. The Bertz CT molecular complexity index is 616. The maximum atomic E-state index is 13.8. The summed E-state index contributed by atoms with van der Waals surface area (Å²) in [5.41, 5.74) is 2.19. The van der Waals surface area contributed by atoms with Crippen LogP contribution in [-0.4, -0.2) is 6.54 Å². The van der Waals surface area contributed by atoms with Crippen LogP contribution in [0.5, 0.6) is 11.5 Å². The first-order chi connectivity index (χ1) is 10.1. The lowest BCUT2D eigenvalue weighted by atomic mass is 10.1. The van der Waals surface area contributed by atoms with Gasteiger partial charge in [-0.15, -0.1) is 0 Å². The summed E-state index contributed by atoms with van der Waals surface area (Å²) in [5, 5.41) is 3.36. The van der Waals surface area contributed by atoms with Gasteiger partial charge in [-0.1, -0.05) is 35.0 Å². The summed E-state index contributed by atoms with van der Waals surface area (Å²) < 4.78 is 20.1. The van der Waals surface area contributed by atoms with Gasteiger partial charge in [-0.05, 0) is 55.3 Å². The first kappa shape index (κ1) is 16.0. The third-order valence-corrected chi connectivity index (χ3v) is 3.60. The number of nitrogens with one attached hydrogen (secondary N) is 1. The summed E-state index contributed by atoms with van der Waals surface area (Å²) in [5.74, 6) is 0.533. The van der Waals surface area contributed by atoms with E-state index in [9.17, 15) is 4.39 Å². The molecule has 1 N–H and O–H groups in total. The fourth-order valence-corrected chi connectivity index (χ4v) is 2.36. The van der Waals surface area contributed by atoms with Crippen LogP contribution in [0, 0.1) is 12.7 Å². The molecule has 0 bridgehead atoms. The third kappa shape index (κ3) is 4.55. The maximum Gasteiger partial charge on any atom is 0.166 e. The monoisotopic (exact) mass is 351 g/mol. The highest BCUT2D eigenvalue weighted by atomic mass is 79.9. The Labute approximate surface area is 133 Å². The van der Waals surface area contributed by atoms with Gasteiger partial charge in [-0.25, -0.2) is 4.39 Å². The summed E-state index contributed by atoms with van der Waals surface area (Å²) in [7, 11) is 0. The quantitative estimate of drug-likeness (QED) is 0.723.